The lowest BCUT2D eigenvalue weighted by atomic mass is 10.00. The van der Waals surface area contributed by atoms with Gasteiger partial charge in [0.25, 0.3) is 0 Å². The van der Waals surface area contributed by atoms with Crippen LogP contribution < -0.4 is 5.32 Å². The number of nitrogens with zero attached hydrogens (tertiary/aromatic N) is 1. The summed E-state index contributed by atoms with van der Waals surface area (Å²) >= 11 is 0. The maximum atomic E-state index is 11.9. The molecule has 4 heteroatoms. The molecule has 1 aromatic rings. The molecule has 1 amide bonds. The van der Waals surface area contributed by atoms with Gasteiger partial charge in [-0.2, -0.15) is 0 Å². The maximum absolute atomic E-state index is 11.9. The van der Waals surface area contributed by atoms with E-state index in [2.05, 4.69) is 34.5 Å². The van der Waals surface area contributed by atoms with E-state index in [4.69, 9.17) is 4.74 Å². The quantitative estimate of drug-likeness (QED) is 0.897. The Hall–Kier alpha value is -1.39. The molecule has 2 heterocycles. The van der Waals surface area contributed by atoms with Crippen molar-refractivity contribution in [2.75, 3.05) is 32.8 Å². The van der Waals surface area contributed by atoms with E-state index in [1.54, 1.807) is 0 Å². The van der Waals surface area contributed by atoms with E-state index in [0.29, 0.717) is 6.61 Å². The summed E-state index contributed by atoms with van der Waals surface area (Å²) in [5.74, 6) is 0.219. The molecule has 4 nitrogen and oxygen atoms in total. The van der Waals surface area contributed by atoms with Gasteiger partial charge in [0.1, 0.15) is 0 Å². The molecule has 0 spiro atoms. The van der Waals surface area contributed by atoms with Crippen molar-refractivity contribution in [1.82, 2.24) is 10.2 Å². The summed E-state index contributed by atoms with van der Waals surface area (Å²) in [6, 6.07) is 8.63. The normalized spacial score (nSPS) is 22.5. The van der Waals surface area contributed by atoms with Crippen LogP contribution in [-0.2, 0) is 22.5 Å². The van der Waals surface area contributed by atoms with E-state index < -0.39 is 0 Å². The average molecular weight is 274 g/mol. The minimum absolute atomic E-state index is 0.0667. The van der Waals surface area contributed by atoms with Crippen LogP contribution in [0.2, 0.25) is 0 Å². The third kappa shape index (κ3) is 3.19. The number of hydrogen-bond donors (Lipinski definition) is 1. The van der Waals surface area contributed by atoms with E-state index in [0.717, 1.165) is 45.6 Å². The Kier molecular flexibility index (Phi) is 4.33. The number of ether oxygens (including phenoxy) is 1. The Morgan fingerprint density at radius 1 is 1.35 bits per heavy atom. The van der Waals surface area contributed by atoms with Crippen molar-refractivity contribution in [1.29, 1.82) is 0 Å². The zero-order chi connectivity index (χ0) is 13.8. The van der Waals surface area contributed by atoms with E-state index in [-0.39, 0.29) is 11.8 Å². The fourth-order valence-electron chi connectivity index (χ4n) is 2.97. The fourth-order valence-corrected chi connectivity index (χ4v) is 2.97. The second-order valence-electron chi connectivity index (χ2n) is 5.65. The molecule has 3 rings (SSSR count). The molecule has 1 aromatic carbocycles. The molecule has 0 radical (unpaired) electrons. The number of fused-ring (bicyclic) bond motifs is 1. The molecule has 0 saturated carbocycles. The van der Waals surface area contributed by atoms with E-state index in [1.165, 1.54) is 11.1 Å². The second kappa shape index (κ2) is 6.37. The van der Waals surface area contributed by atoms with Crippen LogP contribution in [0.4, 0.5) is 0 Å². The van der Waals surface area contributed by atoms with Crippen molar-refractivity contribution in [2.24, 2.45) is 5.92 Å². The Labute approximate surface area is 120 Å². The topological polar surface area (TPSA) is 41.6 Å². The molecule has 1 unspecified atom stereocenters. The molecule has 1 N–H and O–H groups in total. The molecule has 0 aliphatic carbocycles. The van der Waals surface area contributed by atoms with Gasteiger partial charge in [-0.05, 0) is 24.0 Å². The van der Waals surface area contributed by atoms with Crippen molar-refractivity contribution < 1.29 is 9.53 Å². The molecular formula is C16H22N2O2. The van der Waals surface area contributed by atoms with E-state index in [9.17, 15) is 4.79 Å². The minimum atomic E-state index is 0.0667. The predicted molar refractivity (Wildman–Crippen MR) is 77.4 cm³/mol. The molecule has 108 valence electrons. The van der Waals surface area contributed by atoms with Crippen LogP contribution in [0.15, 0.2) is 24.3 Å². The molecule has 2 aliphatic rings. The second-order valence-corrected chi connectivity index (χ2v) is 5.65. The first kappa shape index (κ1) is 13.6. The Balaban J connectivity index is 1.42. The van der Waals surface area contributed by atoms with Gasteiger partial charge in [0.05, 0.1) is 12.5 Å². The van der Waals surface area contributed by atoms with Crippen molar-refractivity contribution in [3.05, 3.63) is 35.4 Å². The smallest absolute Gasteiger partial charge is 0.225 e. The highest BCUT2D eigenvalue weighted by Gasteiger charge is 2.23. The standard InChI is InChI=1S/C16H22N2O2/c19-16(15-6-10-20-12-15)17-7-9-18-8-5-13-3-1-2-4-14(13)11-18/h1-4,15H,5-12H2,(H,17,19). The Morgan fingerprint density at radius 3 is 3.00 bits per heavy atom. The van der Waals surface area contributed by atoms with Gasteiger partial charge < -0.3 is 10.1 Å². The number of rotatable bonds is 4. The van der Waals surface area contributed by atoms with Gasteiger partial charge in [-0.3, -0.25) is 9.69 Å². The first-order chi connectivity index (χ1) is 9.83. The number of nitrogens with one attached hydrogen (secondary N) is 1. The van der Waals surface area contributed by atoms with Crippen LogP contribution in [0.3, 0.4) is 0 Å². The zero-order valence-electron chi connectivity index (χ0n) is 11.8. The molecule has 1 saturated heterocycles. The van der Waals surface area contributed by atoms with E-state index in [1.807, 2.05) is 0 Å². The summed E-state index contributed by atoms with van der Waals surface area (Å²) in [5.41, 5.74) is 2.89. The van der Waals surface area contributed by atoms with Crippen LogP contribution in [0.1, 0.15) is 17.5 Å². The lowest BCUT2D eigenvalue weighted by Crippen LogP contribution is -2.39. The van der Waals surface area contributed by atoms with Crippen LogP contribution >= 0.6 is 0 Å². The first-order valence-corrected chi connectivity index (χ1v) is 7.47. The molecular weight excluding hydrogens is 252 g/mol. The monoisotopic (exact) mass is 274 g/mol. The fraction of sp³-hybridized carbons (Fsp3) is 0.562. The summed E-state index contributed by atoms with van der Waals surface area (Å²) in [4.78, 5) is 14.3. The average Bonchev–Trinajstić information content (AvgIpc) is 3.01. The van der Waals surface area contributed by atoms with Crippen molar-refractivity contribution in [3.8, 4) is 0 Å². The molecule has 0 bridgehead atoms. The molecule has 0 aromatic heterocycles. The summed E-state index contributed by atoms with van der Waals surface area (Å²) in [5, 5.41) is 3.04. The van der Waals surface area contributed by atoms with Crippen molar-refractivity contribution >= 4 is 5.91 Å². The molecule has 2 aliphatic heterocycles. The van der Waals surface area contributed by atoms with Crippen LogP contribution in [-0.4, -0.2) is 43.7 Å². The highest BCUT2D eigenvalue weighted by molar-refractivity contribution is 5.78. The Bertz CT molecular complexity index is 469. The van der Waals surface area contributed by atoms with Gasteiger partial charge in [0.15, 0.2) is 0 Å². The van der Waals surface area contributed by atoms with Gasteiger partial charge in [0.2, 0.25) is 5.91 Å². The van der Waals surface area contributed by atoms with Gasteiger partial charge >= 0.3 is 0 Å². The van der Waals surface area contributed by atoms with Crippen LogP contribution in [0.5, 0.6) is 0 Å². The summed E-state index contributed by atoms with van der Waals surface area (Å²) in [7, 11) is 0. The first-order valence-electron chi connectivity index (χ1n) is 7.47. The number of hydrogen-bond acceptors (Lipinski definition) is 3. The summed E-state index contributed by atoms with van der Waals surface area (Å²) in [6.45, 7) is 5.05. The SMILES string of the molecule is O=C(NCCN1CCc2ccccc2C1)C1CCOC1. The number of benzene rings is 1. The lowest BCUT2D eigenvalue weighted by molar-refractivity contribution is -0.125. The minimum Gasteiger partial charge on any atom is -0.381 e. The van der Waals surface area contributed by atoms with Gasteiger partial charge in [-0.1, -0.05) is 24.3 Å². The molecule has 1 atom stereocenters. The number of carbonyl (C=O) groups is 1. The van der Waals surface area contributed by atoms with Crippen LogP contribution in [0, 0.1) is 5.92 Å². The largest absolute Gasteiger partial charge is 0.381 e. The zero-order valence-corrected chi connectivity index (χ0v) is 11.8. The van der Waals surface area contributed by atoms with Gasteiger partial charge in [-0.15, -0.1) is 0 Å². The molecule has 20 heavy (non-hydrogen) atoms. The number of amides is 1. The molecule has 1 fully saturated rings. The summed E-state index contributed by atoms with van der Waals surface area (Å²) in [6.07, 6.45) is 1.98. The van der Waals surface area contributed by atoms with Gasteiger partial charge in [-0.25, -0.2) is 0 Å². The maximum Gasteiger partial charge on any atom is 0.225 e. The summed E-state index contributed by atoms with van der Waals surface area (Å²) < 4.78 is 5.24. The third-order valence-electron chi connectivity index (χ3n) is 4.24. The highest BCUT2D eigenvalue weighted by atomic mass is 16.5. The van der Waals surface area contributed by atoms with Crippen LogP contribution in [0.25, 0.3) is 0 Å². The third-order valence-corrected chi connectivity index (χ3v) is 4.24. The predicted octanol–water partition coefficient (Wildman–Crippen LogP) is 1.20. The van der Waals surface area contributed by atoms with Crippen molar-refractivity contribution in [2.45, 2.75) is 19.4 Å². The lowest BCUT2D eigenvalue weighted by Gasteiger charge is -2.28. The van der Waals surface area contributed by atoms with E-state index >= 15 is 0 Å². The van der Waals surface area contributed by atoms with Crippen molar-refractivity contribution in [3.63, 3.8) is 0 Å². The van der Waals surface area contributed by atoms with Gasteiger partial charge in [0, 0.05) is 32.8 Å². The Morgan fingerprint density at radius 2 is 2.20 bits per heavy atom. The highest BCUT2D eigenvalue weighted by Crippen LogP contribution is 2.18. The number of carbonyl (C=O) groups excluding carboxylic acids is 1.